The highest BCUT2D eigenvalue weighted by molar-refractivity contribution is 14.0. The van der Waals surface area contributed by atoms with Crippen LogP contribution in [0.1, 0.15) is 37.7 Å². The van der Waals surface area contributed by atoms with Crippen LogP contribution in [0.3, 0.4) is 0 Å². The van der Waals surface area contributed by atoms with Crippen molar-refractivity contribution in [1.82, 2.24) is 14.9 Å². The summed E-state index contributed by atoms with van der Waals surface area (Å²) in [4.78, 5) is 4.33. The van der Waals surface area contributed by atoms with Crippen LogP contribution in [0, 0.1) is 0 Å². The van der Waals surface area contributed by atoms with Crippen molar-refractivity contribution in [2.24, 2.45) is 4.99 Å². The van der Waals surface area contributed by atoms with Gasteiger partial charge in [0.05, 0.1) is 5.75 Å². The molecule has 1 aliphatic carbocycles. The molecule has 0 amide bonds. The van der Waals surface area contributed by atoms with Crippen molar-refractivity contribution in [2.45, 2.75) is 44.2 Å². The maximum Gasteiger partial charge on any atom is 0.213 e. The Morgan fingerprint density at radius 3 is 2.59 bits per heavy atom. The van der Waals surface area contributed by atoms with E-state index in [-0.39, 0.29) is 35.8 Å². The molecule has 6 nitrogen and oxygen atoms in total. The molecule has 9 heteroatoms. The zero-order valence-corrected chi connectivity index (χ0v) is 19.6. The summed E-state index contributed by atoms with van der Waals surface area (Å²) in [6.07, 6.45) is 2.65. The zero-order valence-electron chi connectivity index (χ0n) is 15.7. The number of nitrogens with one attached hydrogen (secondary N) is 2. The summed E-state index contributed by atoms with van der Waals surface area (Å²) in [7, 11) is -1.31. The van der Waals surface area contributed by atoms with Crippen LogP contribution in [0.2, 0.25) is 5.02 Å². The summed E-state index contributed by atoms with van der Waals surface area (Å²) in [6.45, 7) is 2.83. The third kappa shape index (κ3) is 5.95. The van der Waals surface area contributed by atoms with Gasteiger partial charge in [0, 0.05) is 43.2 Å². The summed E-state index contributed by atoms with van der Waals surface area (Å²) in [5.74, 6) is 1.42. The molecule has 2 aliphatic rings. The van der Waals surface area contributed by atoms with Gasteiger partial charge in [0.25, 0.3) is 0 Å². The van der Waals surface area contributed by atoms with E-state index >= 15 is 0 Å². The van der Waals surface area contributed by atoms with Gasteiger partial charge in [-0.1, -0.05) is 23.7 Å². The molecule has 2 unspecified atom stereocenters. The Morgan fingerprint density at radius 1 is 1.30 bits per heavy atom. The van der Waals surface area contributed by atoms with Crippen molar-refractivity contribution in [3.63, 3.8) is 0 Å². The second kappa shape index (κ2) is 9.76. The Hall–Kier alpha value is -0.580. The standard InChI is InChI=1S/C18H27ClN4O2S.HI/c1-3-26(24,25)23-9-7-15(8-10-23)21-18(20-2)22-17-12-16(17)13-5-4-6-14(19)11-13;/h4-6,11,15-17H,3,7-10,12H2,1-2H3,(H2,20,21,22);1H. The molecule has 2 N–H and O–H groups in total. The number of hydrogen-bond acceptors (Lipinski definition) is 3. The maximum atomic E-state index is 11.9. The monoisotopic (exact) mass is 526 g/mol. The van der Waals surface area contributed by atoms with E-state index in [0.29, 0.717) is 25.0 Å². The van der Waals surface area contributed by atoms with Gasteiger partial charge < -0.3 is 10.6 Å². The summed E-state index contributed by atoms with van der Waals surface area (Å²) in [6, 6.07) is 8.61. The molecule has 3 rings (SSSR count). The van der Waals surface area contributed by atoms with Gasteiger partial charge in [-0.2, -0.15) is 0 Å². The van der Waals surface area contributed by atoms with Gasteiger partial charge in [0.2, 0.25) is 10.0 Å². The molecule has 2 atom stereocenters. The lowest BCUT2D eigenvalue weighted by Gasteiger charge is -2.32. The van der Waals surface area contributed by atoms with Gasteiger partial charge in [-0.05, 0) is 43.9 Å². The van der Waals surface area contributed by atoms with Crippen molar-refractivity contribution in [3.05, 3.63) is 34.9 Å². The summed E-state index contributed by atoms with van der Waals surface area (Å²) >= 11 is 6.08. The van der Waals surface area contributed by atoms with E-state index in [9.17, 15) is 8.42 Å². The van der Waals surface area contributed by atoms with Gasteiger partial charge in [-0.3, -0.25) is 4.99 Å². The van der Waals surface area contributed by atoms with E-state index in [0.717, 1.165) is 30.2 Å². The van der Waals surface area contributed by atoms with E-state index in [1.165, 1.54) is 5.56 Å². The Labute approximate surface area is 184 Å². The van der Waals surface area contributed by atoms with E-state index in [1.54, 1.807) is 18.3 Å². The molecule has 1 aromatic rings. The molecular weight excluding hydrogens is 499 g/mol. The Morgan fingerprint density at radius 2 is 2.00 bits per heavy atom. The SMILES string of the molecule is CCS(=O)(=O)N1CCC(NC(=NC)NC2CC2c2cccc(Cl)c2)CC1.I. The van der Waals surface area contributed by atoms with E-state index in [1.807, 2.05) is 18.2 Å². The van der Waals surface area contributed by atoms with Gasteiger partial charge in [-0.15, -0.1) is 24.0 Å². The number of halogens is 2. The second-order valence-electron chi connectivity index (χ2n) is 6.94. The zero-order chi connectivity index (χ0) is 18.7. The predicted molar refractivity (Wildman–Crippen MR) is 122 cm³/mol. The smallest absolute Gasteiger partial charge is 0.213 e. The summed E-state index contributed by atoms with van der Waals surface area (Å²) in [5, 5.41) is 7.68. The molecular formula is C18H28ClIN4O2S. The van der Waals surface area contributed by atoms with Gasteiger partial charge >= 0.3 is 0 Å². The average molecular weight is 527 g/mol. The maximum absolute atomic E-state index is 11.9. The van der Waals surface area contributed by atoms with Crippen LogP contribution in [-0.4, -0.2) is 56.7 Å². The fourth-order valence-corrected chi connectivity index (χ4v) is 4.79. The molecule has 1 aliphatic heterocycles. The molecule has 1 saturated heterocycles. The normalized spacial score (nSPS) is 24.2. The highest BCUT2D eigenvalue weighted by Crippen LogP contribution is 2.41. The van der Waals surface area contributed by atoms with Crippen LogP contribution in [0.5, 0.6) is 0 Å². The van der Waals surface area contributed by atoms with E-state index < -0.39 is 10.0 Å². The van der Waals surface area contributed by atoms with Crippen LogP contribution in [0.4, 0.5) is 0 Å². The van der Waals surface area contributed by atoms with Crippen molar-refractivity contribution >= 4 is 51.6 Å². The topological polar surface area (TPSA) is 73.8 Å². The van der Waals surface area contributed by atoms with E-state index in [4.69, 9.17) is 11.6 Å². The molecule has 1 heterocycles. The number of aliphatic imine (C=N–C) groups is 1. The Bertz CT molecular complexity index is 766. The highest BCUT2D eigenvalue weighted by Gasteiger charge is 2.39. The number of nitrogens with zero attached hydrogens (tertiary/aromatic N) is 2. The molecule has 152 valence electrons. The molecule has 2 fully saturated rings. The van der Waals surface area contributed by atoms with Crippen molar-refractivity contribution in [1.29, 1.82) is 0 Å². The molecule has 1 saturated carbocycles. The number of guanidine groups is 1. The van der Waals surface area contributed by atoms with Crippen LogP contribution in [-0.2, 0) is 10.0 Å². The minimum atomic E-state index is -3.08. The number of rotatable bonds is 5. The first-order valence-corrected chi connectivity index (χ1v) is 11.1. The lowest BCUT2D eigenvalue weighted by molar-refractivity contribution is 0.306. The van der Waals surface area contributed by atoms with Gasteiger partial charge in [0.1, 0.15) is 0 Å². The van der Waals surface area contributed by atoms with Crippen LogP contribution in [0.15, 0.2) is 29.3 Å². The third-order valence-electron chi connectivity index (χ3n) is 5.17. The molecule has 0 radical (unpaired) electrons. The first kappa shape index (κ1) is 22.7. The largest absolute Gasteiger partial charge is 0.354 e. The molecule has 0 aromatic heterocycles. The third-order valence-corrected chi connectivity index (χ3v) is 7.28. The highest BCUT2D eigenvalue weighted by atomic mass is 127. The fourth-order valence-electron chi connectivity index (χ4n) is 3.46. The lowest BCUT2D eigenvalue weighted by atomic mass is 10.1. The number of benzene rings is 1. The minimum Gasteiger partial charge on any atom is -0.354 e. The first-order valence-electron chi connectivity index (χ1n) is 9.16. The fraction of sp³-hybridized carbons (Fsp3) is 0.611. The van der Waals surface area contributed by atoms with Gasteiger partial charge in [-0.25, -0.2) is 12.7 Å². The number of sulfonamides is 1. The Kier molecular flexibility index (Phi) is 8.20. The van der Waals surface area contributed by atoms with Gasteiger partial charge in [0.15, 0.2) is 5.96 Å². The molecule has 1 aromatic carbocycles. The first-order chi connectivity index (χ1) is 12.4. The van der Waals surface area contributed by atoms with Crippen LogP contribution < -0.4 is 10.6 Å². The molecule has 0 bridgehead atoms. The van der Waals surface area contributed by atoms with E-state index in [2.05, 4.69) is 21.7 Å². The van der Waals surface area contributed by atoms with Crippen molar-refractivity contribution < 1.29 is 8.42 Å². The number of hydrogen-bond donors (Lipinski definition) is 2. The van der Waals surface area contributed by atoms with Crippen molar-refractivity contribution in [3.8, 4) is 0 Å². The summed E-state index contributed by atoms with van der Waals surface area (Å²) in [5.41, 5.74) is 1.25. The lowest BCUT2D eigenvalue weighted by Crippen LogP contribution is -2.50. The molecule has 0 spiro atoms. The minimum absolute atomic E-state index is 0. The summed E-state index contributed by atoms with van der Waals surface area (Å²) < 4.78 is 25.5. The molecule has 27 heavy (non-hydrogen) atoms. The van der Waals surface area contributed by atoms with Crippen LogP contribution in [0.25, 0.3) is 0 Å². The van der Waals surface area contributed by atoms with Crippen molar-refractivity contribution in [2.75, 3.05) is 25.9 Å². The van der Waals surface area contributed by atoms with Crippen LogP contribution >= 0.6 is 35.6 Å². The quantitative estimate of drug-likeness (QED) is 0.352. The second-order valence-corrected chi connectivity index (χ2v) is 9.63. The predicted octanol–water partition coefficient (Wildman–Crippen LogP) is 2.79. The Balaban J connectivity index is 0.00000261. The average Bonchev–Trinajstić information content (AvgIpc) is 3.41. The number of piperidine rings is 1.